The van der Waals surface area contributed by atoms with E-state index < -0.39 is 6.10 Å². The Morgan fingerprint density at radius 3 is 2.69 bits per heavy atom. The lowest BCUT2D eigenvalue weighted by molar-refractivity contribution is -0.132. The normalized spacial score (nSPS) is 32.4. The van der Waals surface area contributed by atoms with Crippen molar-refractivity contribution in [2.75, 3.05) is 0 Å². The van der Waals surface area contributed by atoms with Gasteiger partial charge in [-0.2, -0.15) is 0 Å². The highest BCUT2D eigenvalue weighted by atomic mass is 16.3. The van der Waals surface area contributed by atoms with Crippen LogP contribution in [0.15, 0.2) is 12.2 Å². The minimum Gasteiger partial charge on any atom is -0.384 e. The number of carbonyl (C=O) groups excluding carboxylic acids is 1. The smallest absolute Gasteiger partial charge is 0.184 e. The largest absolute Gasteiger partial charge is 0.384 e. The first-order chi connectivity index (χ1) is 6.25. The van der Waals surface area contributed by atoms with Gasteiger partial charge in [-0.05, 0) is 25.3 Å². The second-order valence-electron chi connectivity index (χ2n) is 4.33. The summed E-state index contributed by atoms with van der Waals surface area (Å²) in [6.45, 7) is 0. The lowest BCUT2D eigenvalue weighted by Crippen LogP contribution is -2.43. The van der Waals surface area contributed by atoms with Gasteiger partial charge in [-0.15, -0.1) is 0 Å². The molecule has 0 heterocycles. The zero-order chi connectivity index (χ0) is 9.31. The molecule has 2 aliphatic rings. The van der Waals surface area contributed by atoms with Crippen molar-refractivity contribution >= 4 is 5.78 Å². The zero-order valence-corrected chi connectivity index (χ0v) is 7.83. The molecule has 2 rings (SSSR count). The van der Waals surface area contributed by atoms with E-state index in [1.165, 1.54) is 12.5 Å². The summed E-state index contributed by atoms with van der Waals surface area (Å²) < 4.78 is 0. The Kier molecular flexibility index (Phi) is 2.24. The van der Waals surface area contributed by atoms with Gasteiger partial charge in [-0.25, -0.2) is 0 Å². The SMILES string of the molecule is O=C1C=CCC2(CCCCC2)C1O. The van der Waals surface area contributed by atoms with Crippen LogP contribution in [0.1, 0.15) is 38.5 Å². The summed E-state index contributed by atoms with van der Waals surface area (Å²) in [5, 5.41) is 9.85. The number of ketones is 1. The van der Waals surface area contributed by atoms with Gasteiger partial charge in [-0.3, -0.25) is 4.79 Å². The average molecular weight is 180 g/mol. The van der Waals surface area contributed by atoms with Crippen LogP contribution in [0.3, 0.4) is 0 Å². The van der Waals surface area contributed by atoms with E-state index in [2.05, 4.69) is 0 Å². The third kappa shape index (κ3) is 1.44. The first kappa shape index (κ1) is 8.95. The number of aliphatic hydroxyl groups excluding tert-OH is 1. The predicted octanol–water partition coefficient (Wildman–Crippen LogP) is 1.83. The van der Waals surface area contributed by atoms with Crippen molar-refractivity contribution < 1.29 is 9.90 Å². The van der Waals surface area contributed by atoms with E-state index in [1.807, 2.05) is 6.08 Å². The second kappa shape index (κ2) is 3.26. The minimum atomic E-state index is -0.724. The number of allylic oxidation sites excluding steroid dienone is 1. The summed E-state index contributed by atoms with van der Waals surface area (Å²) in [5.74, 6) is -0.0897. The quantitative estimate of drug-likeness (QED) is 0.617. The summed E-state index contributed by atoms with van der Waals surface area (Å²) in [4.78, 5) is 11.3. The standard InChI is InChI=1S/C11H16O2/c12-9-5-4-8-11(10(9)13)6-2-1-3-7-11/h4-5,10,13H,1-3,6-8H2. The van der Waals surface area contributed by atoms with Crippen LogP contribution in [0.2, 0.25) is 0 Å². The van der Waals surface area contributed by atoms with Gasteiger partial charge in [0, 0.05) is 5.41 Å². The molecule has 72 valence electrons. The Morgan fingerprint density at radius 1 is 1.31 bits per heavy atom. The van der Waals surface area contributed by atoms with Gasteiger partial charge in [0.15, 0.2) is 5.78 Å². The van der Waals surface area contributed by atoms with Crippen molar-refractivity contribution in [3.8, 4) is 0 Å². The molecule has 1 atom stereocenters. The summed E-state index contributed by atoms with van der Waals surface area (Å²) >= 11 is 0. The van der Waals surface area contributed by atoms with Crippen molar-refractivity contribution in [1.82, 2.24) is 0 Å². The molecular formula is C11H16O2. The number of rotatable bonds is 0. The Bertz CT molecular complexity index is 236. The molecule has 1 fully saturated rings. The third-order valence-electron chi connectivity index (χ3n) is 3.51. The van der Waals surface area contributed by atoms with Crippen LogP contribution in [-0.2, 0) is 4.79 Å². The first-order valence-corrected chi connectivity index (χ1v) is 5.13. The molecular weight excluding hydrogens is 164 g/mol. The van der Waals surface area contributed by atoms with Crippen molar-refractivity contribution in [1.29, 1.82) is 0 Å². The van der Waals surface area contributed by atoms with Gasteiger partial charge in [0.05, 0.1) is 0 Å². The van der Waals surface area contributed by atoms with Gasteiger partial charge in [0.2, 0.25) is 0 Å². The maximum absolute atomic E-state index is 11.3. The Balaban J connectivity index is 2.20. The van der Waals surface area contributed by atoms with Gasteiger partial charge in [0.25, 0.3) is 0 Å². The van der Waals surface area contributed by atoms with Crippen LogP contribution in [0, 0.1) is 5.41 Å². The summed E-state index contributed by atoms with van der Waals surface area (Å²) in [5.41, 5.74) is -0.0932. The van der Waals surface area contributed by atoms with Crippen molar-refractivity contribution in [3.63, 3.8) is 0 Å². The van der Waals surface area contributed by atoms with Gasteiger partial charge < -0.3 is 5.11 Å². The third-order valence-corrected chi connectivity index (χ3v) is 3.51. The molecule has 2 aliphatic carbocycles. The van der Waals surface area contributed by atoms with E-state index in [1.54, 1.807) is 0 Å². The van der Waals surface area contributed by atoms with Crippen LogP contribution in [0.25, 0.3) is 0 Å². The first-order valence-electron chi connectivity index (χ1n) is 5.13. The topological polar surface area (TPSA) is 37.3 Å². The molecule has 0 amide bonds. The van der Waals surface area contributed by atoms with Gasteiger partial charge in [0.1, 0.15) is 6.10 Å². The van der Waals surface area contributed by atoms with E-state index in [-0.39, 0.29) is 11.2 Å². The van der Waals surface area contributed by atoms with Crippen LogP contribution < -0.4 is 0 Å². The molecule has 1 spiro atoms. The fraction of sp³-hybridized carbons (Fsp3) is 0.727. The summed E-state index contributed by atoms with van der Waals surface area (Å²) in [6.07, 6.45) is 9.25. The molecule has 2 nitrogen and oxygen atoms in total. The van der Waals surface area contributed by atoms with E-state index in [4.69, 9.17) is 0 Å². The van der Waals surface area contributed by atoms with Crippen LogP contribution in [-0.4, -0.2) is 17.0 Å². The number of hydrogen-bond acceptors (Lipinski definition) is 2. The minimum absolute atomic E-state index is 0.0897. The van der Waals surface area contributed by atoms with E-state index in [0.29, 0.717) is 0 Å². The molecule has 13 heavy (non-hydrogen) atoms. The molecule has 2 heteroatoms. The van der Waals surface area contributed by atoms with E-state index >= 15 is 0 Å². The lowest BCUT2D eigenvalue weighted by atomic mass is 9.65. The van der Waals surface area contributed by atoms with Crippen LogP contribution >= 0.6 is 0 Å². The van der Waals surface area contributed by atoms with Crippen molar-refractivity contribution in [2.45, 2.75) is 44.6 Å². The number of aliphatic hydroxyl groups is 1. The maximum Gasteiger partial charge on any atom is 0.184 e. The Hall–Kier alpha value is -0.630. The zero-order valence-electron chi connectivity index (χ0n) is 7.83. The van der Waals surface area contributed by atoms with Gasteiger partial charge in [-0.1, -0.05) is 25.3 Å². The Labute approximate surface area is 78.6 Å². The molecule has 0 saturated heterocycles. The average Bonchev–Trinajstić information content (AvgIpc) is 2.16. The molecule has 1 saturated carbocycles. The van der Waals surface area contributed by atoms with Crippen LogP contribution in [0.5, 0.6) is 0 Å². The molecule has 0 aromatic carbocycles. The Morgan fingerprint density at radius 2 is 2.00 bits per heavy atom. The fourth-order valence-electron chi connectivity index (χ4n) is 2.65. The van der Waals surface area contributed by atoms with Crippen molar-refractivity contribution in [3.05, 3.63) is 12.2 Å². The monoisotopic (exact) mass is 180 g/mol. The summed E-state index contributed by atoms with van der Waals surface area (Å²) in [6, 6.07) is 0. The highest BCUT2D eigenvalue weighted by Gasteiger charge is 2.42. The molecule has 0 radical (unpaired) electrons. The highest BCUT2D eigenvalue weighted by molar-refractivity contribution is 5.94. The van der Waals surface area contributed by atoms with E-state index in [9.17, 15) is 9.90 Å². The van der Waals surface area contributed by atoms with Gasteiger partial charge >= 0.3 is 0 Å². The fourth-order valence-corrected chi connectivity index (χ4v) is 2.65. The number of carbonyl (C=O) groups is 1. The van der Waals surface area contributed by atoms with Crippen molar-refractivity contribution in [2.24, 2.45) is 5.41 Å². The maximum atomic E-state index is 11.3. The molecule has 1 N–H and O–H groups in total. The lowest BCUT2D eigenvalue weighted by Gasteiger charge is -2.41. The highest BCUT2D eigenvalue weighted by Crippen LogP contribution is 2.44. The molecule has 1 unspecified atom stereocenters. The summed E-state index contributed by atoms with van der Waals surface area (Å²) in [7, 11) is 0. The number of hydrogen-bond donors (Lipinski definition) is 1. The predicted molar refractivity (Wildman–Crippen MR) is 50.3 cm³/mol. The van der Waals surface area contributed by atoms with Crippen LogP contribution in [0.4, 0.5) is 0 Å². The van der Waals surface area contributed by atoms with E-state index in [0.717, 1.165) is 32.1 Å². The molecule has 0 bridgehead atoms. The second-order valence-corrected chi connectivity index (χ2v) is 4.33. The molecule has 0 aromatic heterocycles. The molecule has 0 aliphatic heterocycles. The molecule has 0 aromatic rings.